The predicted molar refractivity (Wildman–Crippen MR) is 362 cm³/mol. The van der Waals surface area contributed by atoms with Gasteiger partial charge in [-0.1, -0.05) is 243 Å². The maximum atomic E-state index is 13.4. The maximum absolute atomic E-state index is 13.4. The van der Waals surface area contributed by atoms with E-state index < -0.39 is 32.5 Å². The third-order valence-corrected chi connectivity index (χ3v) is 16.7. The van der Waals surface area contributed by atoms with Crippen molar-refractivity contribution in [3.8, 4) is 11.8 Å². The number of esters is 2. The number of amides is 3. The molecule has 0 spiro atoms. The van der Waals surface area contributed by atoms with Crippen LogP contribution >= 0.6 is 7.82 Å². The number of carbonyl (C=O) groups excluding carboxylic acids is 5. The van der Waals surface area contributed by atoms with Gasteiger partial charge in [-0.2, -0.15) is 0 Å². The number of nitrogens with zero attached hydrogens (tertiary/aromatic N) is 1. The number of hydrogen-bond donors (Lipinski definition) is 3. The Balaban J connectivity index is 0.0000282. The molecule has 0 aliphatic carbocycles. The van der Waals surface area contributed by atoms with E-state index in [2.05, 4.69) is 36.3 Å². The minimum absolute atomic E-state index is 0. The van der Waals surface area contributed by atoms with Crippen molar-refractivity contribution in [2.45, 2.75) is 259 Å². The molecule has 18 nitrogen and oxygen atoms in total. The quantitative estimate of drug-likeness (QED) is 0.0242. The highest BCUT2D eigenvalue weighted by Gasteiger charge is 2.27. The highest BCUT2D eigenvalue weighted by Crippen LogP contribution is 2.43. The minimum atomic E-state index is -4.64. The molecule has 0 bridgehead atoms. The molecule has 19 heteroatoms. The molecule has 1 aliphatic rings. The molecule has 0 aromatic heterocycles. The first-order valence-electron chi connectivity index (χ1n) is 34.8. The van der Waals surface area contributed by atoms with Gasteiger partial charge in [-0.15, -0.1) is 0 Å². The number of phosphoric ester groups is 1. The molecule has 0 saturated heterocycles. The first-order valence-corrected chi connectivity index (χ1v) is 36.3. The maximum Gasteiger partial charge on any atom is 0.472 e. The van der Waals surface area contributed by atoms with Gasteiger partial charge in [0.2, 0.25) is 17.7 Å². The molecule has 1 heterocycles. The van der Waals surface area contributed by atoms with Crippen LogP contribution in [0.2, 0.25) is 0 Å². The average Bonchev–Trinajstić information content (AvgIpc) is 1.44. The Bertz CT molecular complexity index is 2310. The van der Waals surface area contributed by atoms with E-state index in [-0.39, 0.29) is 110 Å². The van der Waals surface area contributed by atoms with Crippen LogP contribution < -0.4 is 15.5 Å². The number of nitrogens with one attached hydrogen (secondary N) is 2. The molecule has 1 aliphatic heterocycles. The number of unbranched alkanes of at least 4 members (excludes halogenated alkanes) is 28. The van der Waals surface area contributed by atoms with Crippen LogP contribution in [0, 0.1) is 11.8 Å². The van der Waals surface area contributed by atoms with Crippen molar-refractivity contribution in [3.05, 3.63) is 65.2 Å². The second kappa shape index (κ2) is 56.8. The van der Waals surface area contributed by atoms with Gasteiger partial charge < -0.3 is 48.8 Å². The van der Waals surface area contributed by atoms with E-state index in [0.29, 0.717) is 45.8 Å². The molecule has 2 aromatic carbocycles. The van der Waals surface area contributed by atoms with Crippen LogP contribution in [0.5, 0.6) is 0 Å². The monoisotopic (exact) mass is 1300 g/mol. The predicted octanol–water partition coefficient (Wildman–Crippen LogP) is 15.1. The Morgan fingerprint density at radius 3 is 1.37 bits per heavy atom. The second-order valence-electron chi connectivity index (χ2n) is 23.6. The van der Waals surface area contributed by atoms with Crippen molar-refractivity contribution >= 4 is 43.2 Å². The van der Waals surface area contributed by atoms with Crippen LogP contribution in [-0.2, 0) is 72.6 Å². The number of hydrogen-bond acceptors (Lipinski definition) is 14. The lowest BCUT2D eigenvalue weighted by atomic mass is 10.0. The van der Waals surface area contributed by atoms with Crippen LogP contribution in [0.25, 0.3) is 0 Å². The fraction of sp³-hybridized carbons (Fsp3) is 0.736. The Morgan fingerprint density at radius 2 is 0.879 bits per heavy atom. The Kier molecular flexibility index (Phi) is 51.4. The summed E-state index contributed by atoms with van der Waals surface area (Å²) in [6.07, 6.45) is 36.0. The van der Waals surface area contributed by atoms with E-state index in [1.54, 1.807) is 4.90 Å². The topological polar surface area (TPSA) is 224 Å². The summed E-state index contributed by atoms with van der Waals surface area (Å²) in [5.74, 6) is 4.82. The number of fused-ring (bicyclic) bond motifs is 2. The van der Waals surface area contributed by atoms with Gasteiger partial charge in [-0.3, -0.25) is 33.0 Å². The molecule has 91 heavy (non-hydrogen) atoms. The number of carbonyl (C=O) groups is 5. The largest absolute Gasteiger partial charge is 0.472 e. The Labute approximate surface area is 548 Å². The third kappa shape index (κ3) is 45.3. The van der Waals surface area contributed by atoms with E-state index >= 15 is 0 Å². The summed E-state index contributed by atoms with van der Waals surface area (Å²) in [7, 11) is -4.64. The second-order valence-corrected chi connectivity index (χ2v) is 25.0. The molecule has 2 aromatic rings. The minimum Gasteiger partial charge on any atom is -0.462 e. The first-order chi connectivity index (χ1) is 44.0. The molecule has 0 fully saturated rings. The Morgan fingerprint density at radius 1 is 0.473 bits per heavy atom. The zero-order valence-electron chi connectivity index (χ0n) is 55.4. The standard InChI is InChI=1S/C71H116N3O15P.CH4/c1-3-5-7-9-11-13-15-17-19-21-23-25-27-29-31-41-70(78)86-60-65(89-71(79)42-32-30-28-26-24-22-20-18-16-14-12-10-8-6-4-2)61-88-90(80,81)87-52-49-73-68(76)47-51-83-54-56-85-58-57-84-55-53-82-50-46-67(75)72-48-45-69(77)74-59-64-39-34-33-37-62(64)43-44-63-38-35-36-40-66(63)74;/h33-40,65H,3-32,41-42,45-61H2,1-2H3,(H,72,75)(H,73,76)(H,80,81);1H4/t65-;/m0./s1. The van der Waals surface area contributed by atoms with Gasteiger partial charge >= 0.3 is 19.8 Å². The van der Waals surface area contributed by atoms with Crippen LogP contribution in [0.4, 0.5) is 5.69 Å². The lowest BCUT2D eigenvalue weighted by Crippen LogP contribution is -2.35. The summed E-state index contributed by atoms with van der Waals surface area (Å²) in [6, 6.07) is 15.4. The number of ether oxygens (including phenoxy) is 6. The summed E-state index contributed by atoms with van der Waals surface area (Å²) < 4.78 is 56.3. The molecule has 1 unspecified atom stereocenters. The number of phosphoric acid groups is 1. The van der Waals surface area contributed by atoms with Crippen molar-refractivity contribution in [2.24, 2.45) is 0 Å². The van der Waals surface area contributed by atoms with E-state index in [4.69, 9.17) is 37.5 Å². The van der Waals surface area contributed by atoms with Crippen LogP contribution in [0.1, 0.15) is 263 Å². The van der Waals surface area contributed by atoms with E-state index in [1.165, 1.54) is 141 Å². The lowest BCUT2D eigenvalue weighted by Gasteiger charge is -2.26. The van der Waals surface area contributed by atoms with Gasteiger partial charge in [0.15, 0.2) is 6.10 Å². The molecular weight excluding hydrogens is 1180 g/mol. The van der Waals surface area contributed by atoms with Crippen LogP contribution in [-0.4, -0.2) is 126 Å². The van der Waals surface area contributed by atoms with Gasteiger partial charge in [0, 0.05) is 56.3 Å². The summed E-state index contributed by atoms with van der Waals surface area (Å²) in [5, 5.41) is 5.42. The summed E-state index contributed by atoms with van der Waals surface area (Å²) in [4.78, 5) is 76.0. The number of benzene rings is 2. The van der Waals surface area contributed by atoms with Gasteiger partial charge in [-0.25, -0.2) is 4.57 Å². The zero-order valence-corrected chi connectivity index (χ0v) is 56.3. The summed E-state index contributed by atoms with van der Waals surface area (Å²) in [5.41, 5.74) is 3.38. The molecule has 3 N–H and O–H groups in total. The molecule has 3 amide bonds. The van der Waals surface area contributed by atoms with E-state index in [0.717, 1.165) is 60.9 Å². The van der Waals surface area contributed by atoms with Crippen molar-refractivity contribution < 1.29 is 70.9 Å². The molecule has 0 radical (unpaired) electrons. The van der Waals surface area contributed by atoms with Crippen molar-refractivity contribution in [2.75, 3.05) is 90.7 Å². The number of para-hydroxylation sites is 1. The molecule has 0 saturated carbocycles. The van der Waals surface area contributed by atoms with Crippen molar-refractivity contribution in [1.82, 2.24) is 10.6 Å². The van der Waals surface area contributed by atoms with Crippen LogP contribution in [0.3, 0.4) is 0 Å². The normalized spacial score (nSPS) is 12.7. The highest BCUT2D eigenvalue weighted by molar-refractivity contribution is 7.47. The van der Waals surface area contributed by atoms with E-state index in [9.17, 15) is 33.4 Å². The fourth-order valence-electron chi connectivity index (χ4n) is 10.4. The van der Waals surface area contributed by atoms with Gasteiger partial charge in [0.1, 0.15) is 6.61 Å². The van der Waals surface area contributed by atoms with Gasteiger partial charge in [0.05, 0.1) is 78.3 Å². The highest BCUT2D eigenvalue weighted by atomic mass is 31.2. The number of rotatable bonds is 60. The Hall–Kier alpha value is -4.70. The first kappa shape index (κ1) is 82.4. The SMILES string of the molecule is C.CCCCCCCCCCCCCCCCCC(=O)OC[C@@H](COP(=O)(O)OCCNC(=O)CCOCCOCCOCCOCCC(=O)NCCC(=O)N1Cc2ccccc2C#Cc2ccccc21)OC(=O)CCCCCCCCCCCCCCCCC. The molecule has 518 valence electrons. The molecule has 3 rings (SSSR count). The molecular formula is C72H120N3O15P. The smallest absolute Gasteiger partial charge is 0.462 e. The van der Waals surface area contributed by atoms with E-state index in [1.807, 2.05) is 48.5 Å². The van der Waals surface area contributed by atoms with Crippen molar-refractivity contribution in [3.63, 3.8) is 0 Å². The van der Waals surface area contributed by atoms with Crippen molar-refractivity contribution in [1.29, 1.82) is 0 Å². The number of anilines is 1. The molecule has 2 atom stereocenters. The third-order valence-electron chi connectivity index (χ3n) is 15.7. The zero-order chi connectivity index (χ0) is 64.6. The summed E-state index contributed by atoms with van der Waals surface area (Å²) in [6.45, 7) is 6.00. The van der Waals surface area contributed by atoms with Crippen LogP contribution in [0.15, 0.2) is 48.5 Å². The van der Waals surface area contributed by atoms with Gasteiger partial charge in [-0.05, 0) is 36.6 Å². The lowest BCUT2D eigenvalue weighted by molar-refractivity contribution is -0.161. The average molecular weight is 1300 g/mol. The summed E-state index contributed by atoms with van der Waals surface area (Å²) >= 11 is 0. The fourth-order valence-corrected chi connectivity index (χ4v) is 11.1. The van der Waals surface area contributed by atoms with Gasteiger partial charge in [0.25, 0.3) is 0 Å².